The second-order valence-corrected chi connectivity index (χ2v) is 5.99. The molecule has 1 aliphatic rings. The number of amides is 1. The molecular weight excluding hydrogens is 330 g/mol. The minimum atomic E-state index is -0.153. The number of anilines is 2. The average Bonchev–Trinajstić information content (AvgIpc) is 2.69. The van der Waals surface area contributed by atoms with Crippen molar-refractivity contribution >= 4 is 17.3 Å². The molecule has 1 fully saturated rings. The smallest absolute Gasteiger partial charge is 0.252 e. The highest BCUT2D eigenvalue weighted by atomic mass is 16.5. The summed E-state index contributed by atoms with van der Waals surface area (Å²) in [5.41, 5.74) is 2.53. The number of ether oxygens (including phenoxy) is 1. The molecule has 2 heterocycles. The van der Waals surface area contributed by atoms with Crippen LogP contribution in [0.4, 0.5) is 11.4 Å². The number of hydrogen-bond acceptors (Lipinski definition) is 6. The van der Waals surface area contributed by atoms with Gasteiger partial charge in [0.1, 0.15) is 0 Å². The first-order chi connectivity index (χ1) is 12.7. The monoisotopic (exact) mass is 351 g/mol. The van der Waals surface area contributed by atoms with E-state index in [0.29, 0.717) is 23.4 Å². The van der Waals surface area contributed by atoms with E-state index in [-0.39, 0.29) is 5.91 Å². The van der Waals surface area contributed by atoms with E-state index in [1.165, 1.54) is 0 Å². The molecule has 7 nitrogen and oxygen atoms in total. The first-order valence-corrected chi connectivity index (χ1v) is 8.55. The molecule has 1 aromatic carbocycles. The van der Waals surface area contributed by atoms with Crippen molar-refractivity contribution in [1.29, 1.82) is 5.26 Å². The van der Waals surface area contributed by atoms with Gasteiger partial charge in [-0.05, 0) is 24.3 Å². The topological polar surface area (TPSA) is 90.3 Å². The summed E-state index contributed by atoms with van der Waals surface area (Å²) in [5, 5.41) is 15.1. The Morgan fingerprint density at radius 2 is 2.08 bits per heavy atom. The lowest BCUT2D eigenvalue weighted by atomic mass is 10.2. The van der Waals surface area contributed by atoms with E-state index in [4.69, 9.17) is 10.00 Å². The summed E-state index contributed by atoms with van der Waals surface area (Å²) < 4.78 is 5.31. The molecule has 0 aliphatic carbocycles. The van der Waals surface area contributed by atoms with E-state index in [1.807, 2.05) is 6.07 Å². The van der Waals surface area contributed by atoms with Crippen molar-refractivity contribution < 1.29 is 9.53 Å². The van der Waals surface area contributed by atoms with Crippen molar-refractivity contribution in [2.24, 2.45) is 0 Å². The van der Waals surface area contributed by atoms with Crippen LogP contribution in [0.5, 0.6) is 0 Å². The molecule has 1 amide bonds. The van der Waals surface area contributed by atoms with Gasteiger partial charge in [0.15, 0.2) is 0 Å². The van der Waals surface area contributed by atoms with Crippen molar-refractivity contribution in [3.05, 3.63) is 53.9 Å². The number of pyridine rings is 1. The molecule has 0 spiro atoms. The lowest BCUT2D eigenvalue weighted by molar-refractivity contribution is 0.0383. The molecule has 26 heavy (non-hydrogen) atoms. The molecule has 0 atom stereocenters. The number of aromatic nitrogens is 1. The Hall–Kier alpha value is -2.95. The Morgan fingerprint density at radius 3 is 2.88 bits per heavy atom. The van der Waals surface area contributed by atoms with Crippen LogP contribution in [0.1, 0.15) is 15.9 Å². The van der Waals surface area contributed by atoms with Crippen molar-refractivity contribution in [2.75, 3.05) is 44.7 Å². The standard InChI is InChI=1S/C19H21N5O2/c20-12-15-2-1-3-17(10-15)23-18-11-16(13-21-14-18)19(25)22-4-5-24-6-8-26-9-7-24/h1-3,10-11,13-14,23H,4-9H2,(H,22,25). The van der Waals surface area contributed by atoms with E-state index in [2.05, 4.69) is 26.6 Å². The van der Waals surface area contributed by atoms with Gasteiger partial charge >= 0.3 is 0 Å². The highest BCUT2D eigenvalue weighted by Crippen LogP contribution is 2.17. The molecular formula is C19H21N5O2. The number of nitriles is 1. The van der Waals surface area contributed by atoms with Gasteiger partial charge in [-0.3, -0.25) is 14.7 Å². The van der Waals surface area contributed by atoms with Crippen molar-refractivity contribution in [1.82, 2.24) is 15.2 Å². The Bertz CT molecular complexity index is 797. The molecule has 1 aliphatic heterocycles. The second kappa shape index (κ2) is 8.94. The van der Waals surface area contributed by atoms with Gasteiger partial charge < -0.3 is 15.4 Å². The number of rotatable bonds is 6. The van der Waals surface area contributed by atoms with Gasteiger partial charge in [0.25, 0.3) is 5.91 Å². The quantitative estimate of drug-likeness (QED) is 0.824. The summed E-state index contributed by atoms with van der Waals surface area (Å²) in [6.07, 6.45) is 3.19. The zero-order valence-corrected chi connectivity index (χ0v) is 14.4. The second-order valence-electron chi connectivity index (χ2n) is 5.99. The number of morpholine rings is 1. The summed E-state index contributed by atoms with van der Waals surface area (Å²) in [6, 6.07) is 11.0. The lowest BCUT2D eigenvalue weighted by Gasteiger charge is -2.26. The van der Waals surface area contributed by atoms with Crippen molar-refractivity contribution in [3.63, 3.8) is 0 Å². The molecule has 1 saturated heterocycles. The Labute approximate surface area is 152 Å². The lowest BCUT2D eigenvalue weighted by Crippen LogP contribution is -2.41. The third-order valence-electron chi connectivity index (χ3n) is 4.10. The number of benzene rings is 1. The van der Waals surface area contributed by atoms with E-state index in [9.17, 15) is 4.79 Å². The van der Waals surface area contributed by atoms with Crippen LogP contribution >= 0.6 is 0 Å². The van der Waals surface area contributed by atoms with Gasteiger partial charge in [-0.1, -0.05) is 6.07 Å². The van der Waals surface area contributed by atoms with Crippen LogP contribution in [0.15, 0.2) is 42.7 Å². The maximum atomic E-state index is 12.3. The summed E-state index contributed by atoms with van der Waals surface area (Å²) in [6.45, 7) is 4.69. The molecule has 0 unspecified atom stereocenters. The molecule has 7 heteroatoms. The number of carbonyl (C=O) groups is 1. The van der Waals surface area contributed by atoms with Gasteiger partial charge in [-0.25, -0.2) is 0 Å². The van der Waals surface area contributed by atoms with Crippen LogP contribution in [0, 0.1) is 11.3 Å². The van der Waals surface area contributed by atoms with Gasteiger partial charge in [-0.15, -0.1) is 0 Å². The van der Waals surface area contributed by atoms with E-state index in [0.717, 1.165) is 38.5 Å². The van der Waals surface area contributed by atoms with Crippen LogP contribution < -0.4 is 10.6 Å². The zero-order chi connectivity index (χ0) is 18.2. The predicted molar refractivity (Wildman–Crippen MR) is 98.3 cm³/mol. The first kappa shape index (κ1) is 17.9. The third-order valence-corrected chi connectivity index (χ3v) is 4.10. The minimum Gasteiger partial charge on any atom is -0.379 e. The fourth-order valence-electron chi connectivity index (χ4n) is 2.72. The van der Waals surface area contributed by atoms with Crippen LogP contribution in [0.2, 0.25) is 0 Å². The maximum Gasteiger partial charge on any atom is 0.252 e. The molecule has 2 N–H and O–H groups in total. The van der Waals surface area contributed by atoms with Crippen LogP contribution in [0.25, 0.3) is 0 Å². The number of hydrogen-bond donors (Lipinski definition) is 2. The first-order valence-electron chi connectivity index (χ1n) is 8.55. The molecule has 2 aromatic rings. The molecule has 0 bridgehead atoms. The van der Waals surface area contributed by atoms with Gasteiger partial charge in [0, 0.05) is 38.1 Å². The van der Waals surface area contributed by atoms with Crippen LogP contribution in [0.3, 0.4) is 0 Å². The van der Waals surface area contributed by atoms with Crippen LogP contribution in [-0.2, 0) is 4.74 Å². The number of carbonyl (C=O) groups excluding carboxylic acids is 1. The summed E-state index contributed by atoms with van der Waals surface area (Å²) in [7, 11) is 0. The SMILES string of the molecule is N#Cc1cccc(Nc2cncc(C(=O)NCCN3CCOCC3)c2)c1. The Morgan fingerprint density at radius 1 is 1.23 bits per heavy atom. The number of nitrogens with one attached hydrogen (secondary N) is 2. The van der Waals surface area contributed by atoms with Crippen molar-refractivity contribution in [3.8, 4) is 6.07 Å². The number of nitrogens with zero attached hydrogens (tertiary/aromatic N) is 3. The van der Waals surface area contributed by atoms with Crippen LogP contribution in [-0.4, -0.2) is 55.2 Å². The largest absolute Gasteiger partial charge is 0.379 e. The van der Waals surface area contributed by atoms with E-state index < -0.39 is 0 Å². The molecule has 3 rings (SSSR count). The summed E-state index contributed by atoms with van der Waals surface area (Å²) >= 11 is 0. The molecule has 1 aromatic heterocycles. The Balaban J connectivity index is 1.55. The van der Waals surface area contributed by atoms with Gasteiger partial charge in [-0.2, -0.15) is 5.26 Å². The average molecular weight is 351 g/mol. The van der Waals surface area contributed by atoms with E-state index >= 15 is 0 Å². The fraction of sp³-hybridized carbons (Fsp3) is 0.316. The fourth-order valence-corrected chi connectivity index (χ4v) is 2.72. The zero-order valence-electron chi connectivity index (χ0n) is 14.4. The summed E-state index contributed by atoms with van der Waals surface area (Å²) in [5.74, 6) is -0.153. The van der Waals surface area contributed by atoms with Gasteiger partial charge in [0.2, 0.25) is 0 Å². The van der Waals surface area contributed by atoms with Crippen molar-refractivity contribution in [2.45, 2.75) is 0 Å². The third kappa shape index (κ3) is 5.02. The highest BCUT2D eigenvalue weighted by molar-refractivity contribution is 5.94. The van der Waals surface area contributed by atoms with Gasteiger partial charge in [0.05, 0.1) is 42.3 Å². The summed E-state index contributed by atoms with van der Waals surface area (Å²) in [4.78, 5) is 18.7. The molecule has 0 saturated carbocycles. The predicted octanol–water partition coefficient (Wildman–Crippen LogP) is 1.76. The maximum absolute atomic E-state index is 12.3. The minimum absolute atomic E-state index is 0.153. The highest BCUT2D eigenvalue weighted by Gasteiger charge is 2.11. The van der Waals surface area contributed by atoms with E-state index in [1.54, 1.807) is 36.7 Å². The Kier molecular flexibility index (Phi) is 6.14. The normalized spacial score (nSPS) is 14.4. The molecule has 134 valence electrons. The molecule has 0 radical (unpaired) electrons.